The SMILES string of the molecule is CCCC(c1ccc(B2OC(C)(C)C(C)(C)O2)c(F)c1)N(C)C(=O)OC(C)(C)C. The van der Waals surface area contributed by atoms with Crippen molar-refractivity contribution in [1.82, 2.24) is 4.90 Å². The van der Waals surface area contributed by atoms with Crippen LogP contribution in [0, 0.1) is 5.82 Å². The summed E-state index contributed by atoms with van der Waals surface area (Å²) >= 11 is 0. The van der Waals surface area contributed by atoms with Gasteiger partial charge in [-0.25, -0.2) is 9.18 Å². The molecule has 0 bridgehead atoms. The van der Waals surface area contributed by atoms with Crippen molar-refractivity contribution < 1.29 is 23.2 Å². The van der Waals surface area contributed by atoms with Crippen LogP contribution in [0.3, 0.4) is 0 Å². The molecule has 1 aliphatic heterocycles. The molecule has 0 aliphatic carbocycles. The Balaban J connectivity index is 2.27. The highest BCUT2D eigenvalue weighted by molar-refractivity contribution is 6.62. The molecular weight excluding hydrogens is 372 g/mol. The van der Waals surface area contributed by atoms with Crippen molar-refractivity contribution in [2.45, 2.75) is 91.1 Å². The Morgan fingerprint density at radius 3 is 2.21 bits per heavy atom. The van der Waals surface area contributed by atoms with Crippen molar-refractivity contribution in [1.29, 1.82) is 0 Å². The molecule has 0 N–H and O–H groups in total. The fourth-order valence-corrected chi connectivity index (χ4v) is 3.23. The van der Waals surface area contributed by atoms with Gasteiger partial charge >= 0.3 is 13.2 Å². The smallest absolute Gasteiger partial charge is 0.444 e. The van der Waals surface area contributed by atoms with Crippen LogP contribution in [0.1, 0.15) is 79.8 Å². The monoisotopic (exact) mass is 407 g/mol. The Bertz CT molecular complexity index is 729. The molecule has 0 aromatic heterocycles. The third-order valence-corrected chi connectivity index (χ3v) is 5.63. The molecule has 0 radical (unpaired) electrons. The largest absolute Gasteiger partial charge is 0.497 e. The third kappa shape index (κ3) is 5.31. The lowest BCUT2D eigenvalue weighted by Gasteiger charge is -2.32. The summed E-state index contributed by atoms with van der Waals surface area (Å²) in [7, 11) is 0.927. The third-order valence-electron chi connectivity index (χ3n) is 5.63. The number of ether oxygens (including phenoxy) is 1. The van der Waals surface area contributed by atoms with Crippen LogP contribution in [-0.4, -0.2) is 42.0 Å². The number of hydrogen-bond donors (Lipinski definition) is 0. The first-order chi connectivity index (χ1) is 13.2. The minimum Gasteiger partial charge on any atom is -0.444 e. The van der Waals surface area contributed by atoms with E-state index in [1.54, 1.807) is 13.1 Å². The van der Waals surface area contributed by atoms with Gasteiger partial charge in [-0.15, -0.1) is 0 Å². The predicted octanol–water partition coefficient (Wildman–Crippen LogP) is 4.83. The molecule has 1 aromatic carbocycles. The van der Waals surface area contributed by atoms with Gasteiger partial charge in [-0.2, -0.15) is 0 Å². The van der Waals surface area contributed by atoms with Crippen molar-refractivity contribution >= 4 is 18.7 Å². The summed E-state index contributed by atoms with van der Waals surface area (Å²) < 4.78 is 32.5. The molecule has 2 rings (SSSR count). The lowest BCUT2D eigenvalue weighted by atomic mass is 9.78. The van der Waals surface area contributed by atoms with Crippen LogP contribution in [0.25, 0.3) is 0 Å². The molecule has 5 nitrogen and oxygen atoms in total. The van der Waals surface area contributed by atoms with Crippen LogP contribution in [0.15, 0.2) is 18.2 Å². The van der Waals surface area contributed by atoms with Crippen LogP contribution in [0.4, 0.5) is 9.18 Å². The summed E-state index contributed by atoms with van der Waals surface area (Å²) in [5.41, 5.74) is -0.580. The van der Waals surface area contributed by atoms with Crippen LogP contribution in [0.5, 0.6) is 0 Å². The number of carbonyl (C=O) groups is 1. The summed E-state index contributed by atoms with van der Waals surface area (Å²) in [5.74, 6) is -0.403. The summed E-state index contributed by atoms with van der Waals surface area (Å²) in [6.07, 6.45) is 1.12. The number of benzene rings is 1. The van der Waals surface area contributed by atoms with Crippen LogP contribution < -0.4 is 5.46 Å². The van der Waals surface area contributed by atoms with Crippen LogP contribution >= 0.6 is 0 Å². The lowest BCUT2D eigenvalue weighted by molar-refractivity contribution is 0.00578. The van der Waals surface area contributed by atoms with E-state index >= 15 is 4.39 Å². The summed E-state index contributed by atoms with van der Waals surface area (Å²) in [4.78, 5) is 14.1. The highest BCUT2D eigenvalue weighted by Crippen LogP contribution is 2.37. The topological polar surface area (TPSA) is 48.0 Å². The van der Waals surface area contributed by atoms with Gasteiger partial charge < -0.3 is 18.9 Å². The minimum absolute atomic E-state index is 0.281. The Kier molecular flexibility index (Phi) is 6.75. The first kappa shape index (κ1) is 23.7. The predicted molar refractivity (Wildman–Crippen MR) is 114 cm³/mol. The maximum absolute atomic E-state index is 15.0. The van der Waals surface area contributed by atoms with Gasteiger partial charge in [0, 0.05) is 12.5 Å². The van der Waals surface area contributed by atoms with E-state index < -0.39 is 35.8 Å². The first-order valence-corrected chi connectivity index (χ1v) is 10.3. The van der Waals surface area contributed by atoms with E-state index in [0.29, 0.717) is 11.9 Å². The molecule has 1 aromatic rings. The molecule has 1 atom stereocenters. The highest BCUT2D eigenvalue weighted by atomic mass is 19.1. The van der Waals surface area contributed by atoms with Crippen molar-refractivity contribution in [2.24, 2.45) is 0 Å². The van der Waals surface area contributed by atoms with E-state index in [4.69, 9.17) is 14.0 Å². The van der Waals surface area contributed by atoms with Gasteiger partial charge in [-0.05, 0) is 66.5 Å². The molecule has 7 heteroatoms. The molecule has 1 aliphatic rings. The maximum atomic E-state index is 15.0. The lowest BCUT2D eigenvalue weighted by Crippen LogP contribution is -2.41. The summed E-state index contributed by atoms with van der Waals surface area (Å²) in [6.45, 7) is 15.3. The highest BCUT2D eigenvalue weighted by Gasteiger charge is 2.52. The molecular formula is C22H35BFNO4. The quantitative estimate of drug-likeness (QED) is 0.656. The number of carbonyl (C=O) groups excluding carboxylic acids is 1. The standard InChI is InChI=1S/C22H35BFNO4/c1-10-11-18(25(9)19(26)27-20(2,3)4)15-12-13-16(17(24)14-15)23-28-21(5,6)22(7,8)29-23/h12-14,18H,10-11H2,1-9H3. The number of halogens is 1. The number of rotatable bonds is 5. The van der Waals surface area contributed by atoms with E-state index in [1.165, 1.54) is 11.0 Å². The zero-order chi connectivity index (χ0) is 22.2. The molecule has 1 unspecified atom stereocenters. The molecule has 1 amide bonds. The Morgan fingerprint density at radius 2 is 1.76 bits per heavy atom. The van der Waals surface area contributed by atoms with Gasteiger partial charge in [0.05, 0.1) is 17.2 Å². The number of hydrogen-bond acceptors (Lipinski definition) is 4. The first-order valence-electron chi connectivity index (χ1n) is 10.3. The molecule has 0 saturated carbocycles. The van der Waals surface area contributed by atoms with Crippen molar-refractivity contribution in [3.8, 4) is 0 Å². The molecule has 1 fully saturated rings. The normalized spacial score (nSPS) is 19.2. The molecule has 1 heterocycles. The van der Waals surface area contributed by atoms with Crippen LogP contribution in [0.2, 0.25) is 0 Å². The number of amides is 1. The average molecular weight is 407 g/mol. The fourth-order valence-electron chi connectivity index (χ4n) is 3.23. The van der Waals surface area contributed by atoms with E-state index in [1.807, 2.05) is 61.5 Å². The van der Waals surface area contributed by atoms with Gasteiger partial charge in [-0.3, -0.25) is 0 Å². The average Bonchev–Trinajstić information content (AvgIpc) is 2.77. The maximum Gasteiger partial charge on any atom is 0.497 e. The van der Waals surface area contributed by atoms with Crippen molar-refractivity contribution in [2.75, 3.05) is 7.05 Å². The van der Waals surface area contributed by atoms with E-state index in [-0.39, 0.29) is 6.04 Å². The zero-order valence-electron chi connectivity index (χ0n) is 19.3. The van der Waals surface area contributed by atoms with E-state index in [2.05, 4.69) is 0 Å². The minimum atomic E-state index is -0.762. The van der Waals surface area contributed by atoms with Gasteiger partial charge in [0.15, 0.2) is 0 Å². The van der Waals surface area contributed by atoms with Gasteiger partial charge in [0.2, 0.25) is 0 Å². The molecule has 1 saturated heterocycles. The zero-order valence-corrected chi connectivity index (χ0v) is 19.3. The van der Waals surface area contributed by atoms with E-state index in [0.717, 1.165) is 12.0 Å². The Labute approximate surface area is 175 Å². The molecule has 29 heavy (non-hydrogen) atoms. The summed E-state index contributed by atoms with van der Waals surface area (Å²) in [5, 5.41) is 0. The Hall–Kier alpha value is -1.60. The second-order valence-corrected chi connectivity index (χ2v) is 9.76. The second-order valence-electron chi connectivity index (χ2n) is 9.76. The van der Waals surface area contributed by atoms with E-state index in [9.17, 15) is 4.79 Å². The van der Waals surface area contributed by atoms with Gasteiger partial charge in [-0.1, -0.05) is 25.5 Å². The van der Waals surface area contributed by atoms with Crippen molar-refractivity contribution in [3.63, 3.8) is 0 Å². The van der Waals surface area contributed by atoms with Gasteiger partial charge in [0.1, 0.15) is 11.4 Å². The second kappa shape index (κ2) is 8.27. The molecule has 0 spiro atoms. The fraction of sp³-hybridized carbons (Fsp3) is 0.682. The molecule has 162 valence electrons. The summed E-state index contributed by atoms with van der Waals surface area (Å²) in [6, 6.07) is 4.72. The number of nitrogens with zero attached hydrogens (tertiary/aromatic N) is 1. The van der Waals surface area contributed by atoms with Crippen LogP contribution in [-0.2, 0) is 14.0 Å². The van der Waals surface area contributed by atoms with Crippen molar-refractivity contribution in [3.05, 3.63) is 29.6 Å². The van der Waals surface area contributed by atoms with Gasteiger partial charge in [0.25, 0.3) is 0 Å². The Morgan fingerprint density at radius 1 is 1.21 bits per heavy atom.